The molecule has 0 saturated carbocycles. The van der Waals surface area contributed by atoms with E-state index in [1.165, 1.54) is 6.07 Å². The fourth-order valence-electron chi connectivity index (χ4n) is 2.11. The van der Waals surface area contributed by atoms with Gasteiger partial charge in [-0.05, 0) is 30.9 Å². The van der Waals surface area contributed by atoms with E-state index in [1.54, 1.807) is 6.07 Å². The van der Waals surface area contributed by atoms with Crippen molar-refractivity contribution in [1.29, 1.82) is 0 Å². The minimum atomic E-state index is -0.528. The topological polar surface area (TPSA) is 29.5 Å². The van der Waals surface area contributed by atoms with E-state index in [0.717, 1.165) is 12.8 Å². The molecule has 16 heavy (non-hydrogen) atoms. The Balaban J connectivity index is 2.25. The zero-order valence-electron chi connectivity index (χ0n) is 9.66. The van der Waals surface area contributed by atoms with Crippen molar-refractivity contribution in [3.8, 4) is 11.5 Å². The molecule has 0 aliphatic carbocycles. The molecule has 1 aliphatic rings. The molecule has 2 atom stereocenters. The Bertz CT molecular complexity index is 390. The van der Waals surface area contributed by atoms with E-state index < -0.39 is 5.82 Å². The van der Waals surface area contributed by atoms with E-state index in [0.29, 0.717) is 23.7 Å². The maximum atomic E-state index is 13.6. The van der Waals surface area contributed by atoms with Crippen molar-refractivity contribution in [2.45, 2.75) is 39.2 Å². The number of aromatic hydroxyl groups is 1. The van der Waals surface area contributed by atoms with Gasteiger partial charge >= 0.3 is 0 Å². The van der Waals surface area contributed by atoms with Crippen molar-refractivity contribution >= 4 is 0 Å². The summed E-state index contributed by atoms with van der Waals surface area (Å²) in [5.41, 5.74) is 0.513. The summed E-state index contributed by atoms with van der Waals surface area (Å²) < 4.78 is 19.3. The third kappa shape index (κ3) is 1.86. The number of benzene rings is 1. The summed E-state index contributed by atoms with van der Waals surface area (Å²) in [7, 11) is 0. The Morgan fingerprint density at radius 1 is 1.56 bits per heavy atom. The van der Waals surface area contributed by atoms with Crippen LogP contribution in [0.4, 0.5) is 4.39 Å². The van der Waals surface area contributed by atoms with Gasteiger partial charge in [0.15, 0.2) is 11.6 Å². The maximum Gasteiger partial charge on any atom is 0.171 e. The number of phenols is 1. The average molecular weight is 224 g/mol. The van der Waals surface area contributed by atoms with Gasteiger partial charge in [-0.2, -0.15) is 0 Å². The van der Waals surface area contributed by atoms with Crippen LogP contribution >= 0.6 is 0 Å². The molecule has 3 heteroatoms. The molecule has 0 saturated heterocycles. The lowest BCUT2D eigenvalue weighted by atomic mass is 9.92. The minimum absolute atomic E-state index is 0.168. The molecular weight excluding hydrogens is 207 g/mol. The van der Waals surface area contributed by atoms with Crippen LogP contribution in [0.1, 0.15) is 32.3 Å². The molecule has 0 aromatic heterocycles. The van der Waals surface area contributed by atoms with Gasteiger partial charge < -0.3 is 9.84 Å². The van der Waals surface area contributed by atoms with Crippen LogP contribution in [0.2, 0.25) is 0 Å². The number of rotatable bonds is 2. The molecule has 2 nitrogen and oxygen atoms in total. The van der Waals surface area contributed by atoms with E-state index in [9.17, 15) is 9.50 Å². The molecule has 0 amide bonds. The fourth-order valence-corrected chi connectivity index (χ4v) is 2.11. The number of phenolic OH excluding ortho intramolecular Hbond substituents is 1. The minimum Gasteiger partial charge on any atom is -0.505 e. The summed E-state index contributed by atoms with van der Waals surface area (Å²) in [5, 5.41) is 9.27. The first kappa shape index (κ1) is 11.2. The molecule has 2 rings (SSSR count). The molecule has 1 aliphatic heterocycles. The van der Waals surface area contributed by atoms with Crippen molar-refractivity contribution in [3.05, 3.63) is 23.5 Å². The SMILES string of the molecule is CC[C@H](C)[C@@H]1CCc2c(ccc(O)c2F)O1. The number of halogens is 1. The van der Waals surface area contributed by atoms with Gasteiger partial charge in [0.05, 0.1) is 0 Å². The molecule has 0 fully saturated rings. The third-order valence-corrected chi connectivity index (χ3v) is 3.42. The Kier molecular flexibility index (Phi) is 3.03. The van der Waals surface area contributed by atoms with Gasteiger partial charge in [0, 0.05) is 5.56 Å². The standard InChI is InChI=1S/C13H17FO2/c1-3-8(2)11-6-4-9-12(16-11)7-5-10(15)13(9)14/h5,7-8,11,15H,3-4,6H2,1-2H3/t8-,11-/m0/s1. The Morgan fingerprint density at radius 3 is 3.00 bits per heavy atom. The van der Waals surface area contributed by atoms with Gasteiger partial charge in [0.25, 0.3) is 0 Å². The lowest BCUT2D eigenvalue weighted by Gasteiger charge is -2.30. The van der Waals surface area contributed by atoms with E-state index in [-0.39, 0.29) is 11.9 Å². The molecule has 0 spiro atoms. The van der Waals surface area contributed by atoms with Gasteiger partial charge in [0.1, 0.15) is 11.9 Å². The van der Waals surface area contributed by atoms with Crippen LogP contribution in [0.3, 0.4) is 0 Å². The van der Waals surface area contributed by atoms with Gasteiger partial charge in [-0.3, -0.25) is 0 Å². The summed E-state index contributed by atoms with van der Waals surface area (Å²) in [6.45, 7) is 4.27. The first-order valence-electron chi connectivity index (χ1n) is 5.80. The third-order valence-electron chi connectivity index (χ3n) is 3.42. The summed E-state index contributed by atoms with van der Waals surface area (Å²) in [5.74, 6) is 0.251. The van der Waals surface area contributed by atoms with Crippen molar-refractivity contribution in [2.24, 2.45) is 5.92 Å². The highest BCUT2D eigenvalue weighted by molar-refractivity contribution is 5.42. The van der Waals surface area contributed by atoms with Crippen molar-refractivity contribution < 1.29 is 14.2 Å². The Labute approximate surface area is 95.1 Å². The van der Waals surface area contributed by atoms with Gasteiger partial charge in [0.2, 0.25) is 0 Å². The zero-order valence-corrected chi connectivity index (χ0v) is 9.66. The van der Waals surface area contributed by atoms with Crippen LogP contribution in [-0.2, 0) is 6.42 Å². The second-order valence-electron chi connectivity index (χ2n) is 4.46. The lowest BCUT2D eigenvalue weighted by Crippen LogP contribution is -2.29. The van der Waals surface area contributed by atoms with Crippen molar-refractivity contribution in [1.82, 2.24) is 0 Å². The first-order valence-corrected chi connectivity index (χ1v) is 5.80. The molecule has 0 bridgehead atoms. The van der Waals surface area contributed by atoms with E-state index in [1.807, 2.05) is 0 Å². The molecule has 0 unspecified atom stereocenters. The fraction of sp³-hybridized carbons (Fsp3) is 0.538. The van der Waals surface area contributed by atoms with Crippen molar-refractivity contribution in [3.63, 3.8) is 0 Å². The predicted octanol–water partition coefficient (Wildman–Crippen LogP) is 3.27. The highest BCUT2D eigenvalue weighted by Gasteiger charge is 2.26. The lowest BCUT2D eigenvalue weighted by molar-refractivity contribution is 0.115. The van der Waals surface area contributed by atoms with Crippen LogP contribution in [0, 0.1) is 11.7 Å². The second-order valence-corrected chi connectivity index (χ2v) is 4.46. The second kappa shape index (κ2) is 4.32. The normalized spacial score (nSPS) is 21.1. The van der Waals surface area contributed by atoms with Crippen LogP contribution < -0.4 is 4.74 Å². The summed E-state index contributed by atoms with van der Waals surface area (Å²) in [6.07, 6.45) is 2.69. The first-order chi connectivity index (χ1) is 7.63. The van der Waals surface area contributed by atoms with E-state index in [4.69, 9.17) is 4.74 Å². The van der Waals surface area contributed by atoms with E-state index in [2.05, 4.69) is 13.8 Å². The molecule has 1 heterocycles. The molecule has 0 radical (unpaired) electrons. The largest absolute Gasteiger partial charge is 0.505 e. The number of fused-ring (bicyclic) bond motifs is 1. The van der Waals surface area contributed by atoms with Gasteiger partial charge in [-0.1, -0.05) is 20.3 Å². The summed E-state index contributed by atoms with van der Waals surface area (Å²) in [6, 6.07) is 3.01. The molecular formula is C13H17FO2. The molecule has 1 aromatic rings. The van der Waals surface area contributed by atoms with Crippen LogP contribution in [0.5, 0.6) is 11.5 Å². The molecule has 88 valence electrons. The number of ether oxygens (including phenoxy) is 1. The van der Waals surface area contributed by atoms with Crippen LogP contribution in [-0.4, -0.2) is 11.2 Å². The quantitative estimate of drug-likeness (QED) is 0.835. The number of hydrogen-bond acceptors (Lipinski definition) is 2. The highest BCUT2D eigenvalue weighted by atomic mass is 19.1. The van der Waals surface area contributed by atoms with Crippen LogP contribution in [0.15, 0.2) is 12.1 Å². The predicted molar refractivity (Wildman–Crippen MR) is 60.3 cm³/mol. The van der Waals surface area contributed by atoms with Crippen LogP contribution in [0.25, 0.3) is 0 Å². The maximum absolute atomic E-state index is 13.6. The van der Waals surface area contributed by atoms with E-state index >= 15 is 0 Å². The number of hydrogen-bond donors (Lipinski definition) is 1. The summed E-state index contributed by atoms with van der Waals surface area (Å²) in [4.78, 5) is 0. The molecule has 1 aromatic carbocycles. The van der Waals surface area contributed by atoms with Gasteiger partial charge in [-0.25, -0.2) is 4.39 Å². The Morgan fingerprint density at radius 2 is 2.31 bits per heavy atom. The summed E-state index contributed by atoms with van der Waals surface area (Å²) >= 11 is 0. The molecule has 1 N–H and O–H groups in total. The Hall–Kier alpha value is -1.25. The highest BCUT2D eigenvalue weighted by Crippen LogP contribution is 2.35. The smallest absolute Gasteiger partial charge is 0.171 e. The average Bonchev–Trinajstić information content (AvgIpc) is 2.32. The van der Waals surface area contributed by atoms with Gasteiger partial charge in [-0.15, -0.1) is 0 Å². The monoisotopic (exact) mass is 224 g/mol. The van der Waals surface area contributed by atoms with Crippen molar-refractivity contribution in [2.75, 3.05) is 0 Å². The zero-order chi connectivity index (χ0) is 11.7.